The average Bonchev–Trinajstić information content (AvgIpc) is 2.98. The molecule has 1 aliphatic heterocycles. The van der Waals surface area contributed by atoms with E-state index >= 15 is 0 Å². The summed E-state index contributed by atoms with van der Waals surface area (Å²) in [6.45, 7) is 2.25. The Bertz CT molecular complexity index is 595. The largest absolute Gasteiger partial charge is 0.356 e. The van der Waals surface area contributed by atoms with E-state index in [2.05, 4.69) is 20.7 Å². The normalized spacial score (nSPS) is 17.2. The molecule has 0 spiro atoms. The zero-order valence-electron chi connectivity index (χ0n) is 11.8. The Hall–Kier alpha value is -2.21. The summed E-state index contributed by atoms with van der Waals surface area (Å²) in [5, 5.41) is 10.6. The Labute approximate surface area is 123 Å². The lowest BCUT2D eigenvalue weighted by atomic mass is 10.1. The molecule has 1 amide bonds. The maximum atomic E-state index is 12.0. The van der Waals surface area contributed by atoms with Crippen LogP contribution >= 0.6 is 0 Å². The van der Waals surface area contributed by atoms with Crippen molar-refractivity contribution >= 4 is 5.91 Å². The van der Waals surface area contributed by atoms with Crippen LogP contribution in [0.3, 0.4) is 0 Å². The lowest BCUT2D eigenvalue weighted by Crippen LogP contribution is -2.37. The van der Waals surface area contributed by atoms with E-state index in [4.69, 9.17) is 0 Å². The Morgan fingerprint density at radius 1 is 1.33 bits per heavy atom. The zero-order chi connectivity index (χ0) is 14.5. The molecule has 0 saturated carbocycles. The smallest absolute Gasteiger partial charge is 0.222 e. The summed E-state index contributed by atoms with van der Waals surface area (Å²) in [4.78, 5) is 16.0. The number of hydrogen-bond acceptors (Lipinski definition) is 4. The van der Waals surface area contributed by atoms with Crippen molar-refractivity contribution in [2.24, 2.45) is 0 Å². The van der Waals surface area contributed by atoms with Gasteiger partial charge in [-0.05, 0) is 30.2 Å². The number of fused-ring (bicyclic) bond motifs is 1. The third kappa shape index (κ3) is 3.46. The second kappa shape index (κ2) is 6.49. The number of nitrogens with one attached hydrogen (secondary N) is 2. The van der Waals surface area contributed by atoms with Gasteiger partial charge < -0.3 is 10.6 Å². The second-order valence-corrected chi connectivity index (χ2v) is 5.21. The maximum Gasteiger partial charge on any atom is 0.222 e. The number of rotatable bonds is 5. The zero-order valence-corrected chi connectivity index (χ0v) is 11.8. The summed E-state index contributed by atoms with van der Waals surface area (Å²) in [5.74, 6) is 0.0687. The van der Waals surface area contributed by atoms with Crippen LogP contribution in [0, 0.1) is 0 Å². The molecule has 0 saturated heterocycles. The van der Waals surface area contributed by atoms with Gasteiger partial charge in [-0.2, -0.15) is 5.10 Å². The summed E-state index contributed by atoms with van der Waals surface area (Å²) in [5.41, 5.74) is 2.31. The Balaban J connectivity index is 1.47. The fourth-order valence-electron chi connectivity index (χ4n) is 2.60. The van der Waals surface area contributed by atoms with Gasteiger partial charge in [0.2, 0.25) is 5.91 Å². The number of aromatic nitrogens is 3. The van der Waals surface area contributed by atoms with Gasteiger partial charge in [-0.1, -0.05) is 0 Å². The van der Waals surface area contributed by atoms with E-state index in [1.807, 2.05) is 22.9 Å². The van der Waals surface area contributed by atoms with E-state index in [9.17, 15) is 4.79 Å². The SMILES string of the molecule is O=C(C[C@H]1CNCc2ccnn21)NCCc1ccncc1. The predicted molar refractivity (Wildman–Crippen MR) is 78.5 cm³/mol. The van der Waals surface area contributed by atoms with E-state index in [-0.39, 0.29) is 11.9 Å². The number of amides is 1. The minimum Gasteiger partial charge on any atom is -0.356 e. The van der Waals surface area contributed by atoms with Crippen LogP contribution in [0.5, 0.6) is 0 Å². The van der Waals surface area contributed by atoms with Crippen LogP contribution < -0.4 is 10.6 Å². The topological polar surface area (TPSA) is 71.8 Å². The molecule has 0 unspecified atom stereocenters. The fraction of sp³-hybridized carbons (Fsp3) is 0.400. The summed E-state index contributed by atoms with van der Waals surface area (Å²) >= 11 is 0. The van der Waals surface area contributed by atoms with E-state index < -0.39 is 0 Å². The Kier molecular flexibility index (Phi) is 4.25. The van der Waals surface area contributed by atoms with Crippen LogP contribution in [-0.4, -0.2) is 33.8 Å². The molecule has 0 bridgehead atoms. The Morgan fingerprint density at radius 3 is 3.05 bits per heavy atom. The van der Waals surface area contributed by atoms with Crippen molar-refractivity contribution in [3.05, 3.63) is 48.0 Å². The first-order valence-electron chi connectivity index (χ1n) is 7.21. The van der Waals surface area contributed by atoms with E-state index in [0.717, 1.165) is 25.2 Å². The highest BCUT2D eigenvalue weighted by atomic mass is 16.1. The molecule has 6 nitrogen and oxygen atoms in total. The van der Waals surface area contributed by atoms with Crippen LogP contribution in [0.2, 0.25) is 0 Å². The summed E-state index contributed by atoms with van der Waals surface area (Å²) in [7, 11) is 0. The van der Waals surface area contributed by atoms with Gasteiger partial charge in [-0.25, -0.2) is 0 Å². The van der Waals surface area contributed by atoms with Gasteiger partial charge in [0, 0.05) is 38.2 Å². The molecule has 2 aromatic heterocycles. The number of nitrogens with zero attached hydrogens (tertiary/aromatic N) is 3. The Morgan fingerprint density at radius 2 is 2.19 bits per heavy atom. The van der Waals surface area contributed by atoms with Crippen LogP contribution in [0.15, 0.2) is 36.8 Å². The molecular formula is C15H19N5O. The summed E-state index contributed by atoms with van der Waals surface area (Å²) in [6, 6.07) is 6.02. The maximum absolute atomic E-state index is 12.0. The fourth-order valence-corrected chi connectivity index (χ4v) is 2.60. The van der Waals surface area contributed by atoms with Gasteiger partial charge >= 0.3 is 0 Å². The van der Waals surface area contributed by atoms with Crippen molar-refractivity contribution in [1.29, 1.82) is 0 Å². The minimum atomic E-state index is 0.0687. The van der Waals surface area contributed by atoms with Crippen molar-refractivity contribution in [2.75, 3.05) is 13.1 Å². The molecular weight excluding hydrogens is 266 g/mol. The van der Waals surface area contributed by atoms with Crippen LogP contribution in [0.1, 0.15) is 23.7 Å². The first-order valence-corrected chi connectivity index (χ1v) is 7.21. The van der Waals surface area contributed by atoms with Gasteiger partial charge in [0.25, 0.3) is 0 Å². The molecule has 2 aromatic rings. The monoisotopic (exact) mass is 285 g/mol. The highest BCUT2D eigenvalue weighted by Crippen LogP contribution is 2.16. The molecule has 110 valence electrons. The van der Waals surface area contributed by atoms with Crippen molar-refractivity contribution in [3.63, 3.8) is 0 Å². The lowest BCUT2D eigenvalue weighted by Gasteiger charge is -2.25. The van der Waals surface area contributed by atoms with Crippen LogP contribution in [-0.2, 0) is 17.8 Å². The number of carbonyl (C=O) groups excluding carboxylic acids is 1. The van der Waals surface area contributed by atoms with E-state index in [1.165, 1.54) is 5.56 Å². The van der Waals surface area contributed by atoms with Crippen molar-refractivity contribution in [1.82, 2.24) is 25.4 Å². The van der Waals surface area contributed by atoms with Gasteiger partial charge in [0.15, 0.2) is 0 Å². The molecule has 2 N–H and O–H groups in total. The molecule has 0 radical (unpaired) electrons. The molecule has 21 heavy (non-hydrogen) atoms. The average molecular weight is 285 g/mol. The standard InChI is InChI=1S/C15H19N5O/c21-15(18-7-3-12-1-5-16-6-2-12)9-14-11-17-10-13-4-8-19-20(13)14/h1-2,4-6,8,14,17H,3,7,9-11H2,(H,18,21)/t14-/m0/s1. The molecule has 6 heteroatoms. The van der Waals surface area contributed by atoms with Crippen molar-refractivity contribution in [2.45, 2.75) is 25.4 Å². The first-order chi connectivity index (χ1) is 10.3. The predicted octanol–water partition coefficient (Wildman–Crippen LogP) is 0.671. The highest BCUT2D eigenvalue weighted by molar-refractivity contribution is 5.76. The van der Waals surface area contributed by atoms with Crippen LogP contribution in [0.4, 0.5) is 0 Å². The van der Waals surface area contributed by atoms with E-state index in [1.54, 1.807) is 18.6 Å². The molecule has 0 fully saturated rings. The minimum absolute atomic E-state index is 0.0687. The van der Waals surface area contributed by atoms with Crippen LogP contribution in [0.25, 0.3) is 0 Å². The van der Waals surface area contributed by atoms with Gasteiger partial charge in [-0.15, -0.1) is 0 Å². The second-order valence-electron chi connectivity index (χ2n) is 5.21. The summed E-state index contributed by atoms with van der Waals surface area (Å²) in [6.07, 6.45) is 6.60. The lowest BCUT2D eigenvalue weighted by molar-refractivity contribution is -0.121. The van der Waals surface area contributed by atoms with Gasteiger partial charge in [-0.3, -0.25) is 14.5 Å². The van der Waals surface area contributed by atoms with Gasteiger partial charge in [0.1, 0.15) is 0 Å². The third-order valence-corrected chi connectivity index (χ3v) is 3.69. The first kappa shape index (κ1) is 13.8. The number of pyridine rings is 1. The molecule has 3 rings (SSSR count). The van der Waals surface area contributed by atoms with Gasteiger partial charge in [0.05, 0.1) is 18.2 Å². The van der Waals surface area contributed by atoms with Crippen molar-refractivity contribution < 1.29 is 4.79 Å². The van der Waals surface area contributed by atoms with Crippen molar-refractivity contribution in [3.8, 4) is 0 Å². The molecule has 1 aliphatic rings. The molecule has 0 aliphatic carbocycles. The molecule has 1 atom stereocenters. The molecule has 0 aromatic carbocycles. The summed E-state index contributed by atoms with van der Waals surface area (Å²) < 4.78 is 1.96. The number of hydrogen-bond donors (Lipinski definition) is 2. The third-order valence-electron chi connectivity index (χ3n) is 3.69. The molecule has 3 heterocycles. The quantitative estimate of drug-likeness (QED) is 0.847. The number of carbonyl (C=O) groups is 1. The van der Waals surface area contributed by atoms with E-state index in [0.29, 0.717) is 13.0 Å². The highest BCUT2D eigenvalue weighted by Gasteiger charge is 2.21.